The van der Waals surface area contributed by atoms with Crippen LogP contribution in [0.3, 0.4) is 0 Å². The van der Waals surface area contributed by atoms with E-state index in [9.17, 15) is 0 Å². The normalized spacial score (nSPS) is 12.3. The molecule has 0 saturated heterocycles. The van der Waals surface area contributed by atoms with Gasteiger partial charge in [-0.15, -0.1) is 0 Å². The third kappa shape index (κ3) is 5.12. The van der Waals surface area contributed by atoms with Crippen LogP contribution < -0.4 is 5.32 Å². The minimum atomic E-state index is 0.349. The third-order valence-electron chi connectivity index (χ3n) is 2.44. The summed E-state index contributed by atoms with van der Waals surface area (Å²) >= 11 is 11.9. The summed E-state index contributed by atoms with van der Waals surface area (Å²) < 4.78 is 0. The quantitative estimate of drug-likeness (QED) is 0.779. The van der Waals surface area contributed by atoms with Gasteiger partial charge in [-0.3, -0.25) is 0 Å². The van der Waals surface area contributed by atoms with Crippen LogP contribution >= 0.6 is 23.2 Å². The van der Waals surface area contributed by atoms with Gasteiger partial charge < -0.3 is 5.32 Å². The van der Waals surface area contributed by atoms with E-state index in [-0.39, 0.29) is 0 Å². The van der Waals surface area contributed by atoms with Crippen LogP contribution in [0.5, 0.6) is 0 Å². The van der Waals surface area contributed by atoms with Gasteiger partial charge in [-0.05, 0) is 44.5 Å². The molecule has 17 heavy (non-hydrogen) atoms. The van der Waals surface area contributed by atoms with Crippen LogP contribution in [-0.4, -0.2) is 12.6 Å². The lowest BCUT2D eigenvalue weighted by molar-refractivity contribution is 0.609. The molecule has 1 rings (SSSR count). The summed E-state index contributed by atoms with van der Waals surface area (Å²) in [7, 11) is 0. The van der Waals surface area contributed by atoms with Crippen molar-refractivity contribution < 1.29 is 0 Å². The molecule has 0 bridgehead atoms. The summed E-state index contributed by atoms with van der Waals surface area (Å²) in [5.74, 6) is 0. The minimum Gasteiger partial charge on any atom is -0.310 e. The molecule has 0 aromatic heterocycles. The Morgan fingerprint density at radius 3 is 2.53 bits per heavy atom. The van der Waals surface area contributed by atoms with Crippen LogP contribution in [0, 0.1) is 0 Å². The van der Waals surface area contributed by atoms with Gasteiger partial charge in [-0.25, -0.2) is 0 Å². The molecule has 0 aliphatic heterocycles. The fourth-order valence-corrected chi connectivity index (χ4v) is 2.10. The standard InChI is InChI=1S/C14H19Cl2N/c1-4-17-12(7-10(2)3)8-11-5-6-13(15)14(16)9-11/h5-7,9,12,17H,4,8H2,1-3H3. The van der Waals surface area contributed by atoms with E-state index in [1.54, 1.807) is 0 Å². The van der Waals surface area contributed by atoms with Gasteiger partial charge in [0.25, 0.3) is 0 Å². The maximum absolute atomic E-state index is 6.01. The largest absolute Gasteiger partial charge is 0.310 e. The summed E-state index contributed by atoms with van der Waals surface area (Å²) in [6.45, 7) is 7.29. The monoisotopic (exact) mass is 271 g/mol. The summed E-state index contributed by atoms with van der Waals surface area (Å²) in [6.07, 6.45) is 3.17. The second kappa shape index (κ2) is 7.05. The van der Waals surface area contributed by atoms with Crippen LogP contribution in [0.15, 0.2) is 29.8 Å². The average molecular weight is 272 g/mol. The van der Waals surface area contributed by atoms with E-state index in [4.69, 9.17) is 23.2 Å². The Hall–Kier alpha value is -0.500. The van der Waals surface area contributed by atoms with E-state index in [0.717, 1.165) is 13.0 Å². The van der Waals surface area contributed by atoms with Crippen molar-refractivity contribution in [3.05, 3.63) is 45.5 Å². The lowest BCUT2D eigenvalue weighted by Crippen LogP contribution is -2.29. The van der Waals surface area contributed by atoms with Crippen molar-refractivity contribution in [2.45, 2.75) is 33.2 Å². The number of nitrogens with one attached hydrogen (secondary N) is 1. The van der Waals surface area contributed by atoms with Crippen LogP contribution in [0.4, 0.5) is 0 Å². The minimum absolute atomic E-state index is 0.349. The number of rotatable bonds is 5. The Labute approximate surface area is 114 Å². The van der Waals surface area contributed by atoms with Gasteiger partial charge in [0.1, 0.15) is 0 Å². The Morgan fingerprint density at radius 1 is 1.29 bits per heavy atom. The van der Waals surface area contributed by atoms with E-state index in [1.165, 1.54) is 11.1 Å². The second-order valence-corrected chi connectivity index (χ2v) is 5.18. The zero-order valence-electron chi connectivity index (χ0n) is 10.6. The zero-order valence-corrected chi connectivity index (χ0v) is 12.1. The average Bonchev–Trinajstić information content (AvgIpc) is 2.23. The molecule has 0 amide bonds. The maximum Gasteiger partial charge on any atom is 0.0595 e. The second-order valence-electron chi connectivity index (χ2n) is 4.36. The van der Waals surface area contributed by atoms with Gasteiger partial charge in [0, 0.05) is 6.04 Å². The third-order valence-corrected chi connectivity index (χ3v) is 3.18. The highest BCUT2D eigenvalue weighted by Gasteiger charge is 2.06. The van der Waals surface area contributed by atoms with Crippen LogP contribution in [0.1, 0.15) is 26.3 Å². The molecule has 0 fully saturated rings. The number of allylic oxidation sites excluding steroid dienone is 1. The first-order chi connectivity index (χ1) is 8.02. The molecular formula is C14H19Cl2N. The molecule has 1 N–H and O–H groups in total. The highest BCUT2D eigenvalue weighted by molar-refractivity contribution is 6.42. The van der Waals surface area contributed by atoms with E-state index in [1.807, 2.05) is 18.2 Å². The molecule has 3 heteroatoms. The number of benzene rings is 1. The predicted molar refractivity (Wildman–Crippen MR) is 77.1 cm³/mol. The molecule has 1 aromatic rings. The molecule has 0 heterocycles. The van der Waals surface area contributed by atoms with Gasteiger partial charge in [0.2, 0.25) is 0 Å². The summed E-state index contributed by atoms with van der Waals surface area (Å²) in [5.41, 5.74) is 2.51. The van der Waals surface area contributed by atoms with Gasteiger partial charge >= 0.3 is 0 Å². The first-order valence-electron chi connectivity index (χ1n) is 5.85. The van der Waals surface area contributed by atoms with Crippen molar-refractivity contribution in [1.29, 1.82) is 0 Å². The van der Waals surface area contributed by atoms with Gasteiger partial charge in [0.05, 0.1) is 10.0 Å². The fourth-order valence-electron chi connectivity index (χ4n) is 1.78. The van der Waals surface area contributed by atoms with Crippen molar-refractivity contribution in [2.75, 3.05) is 6.54 Å². The SMILES string of the molecule is CCNC(C=C(C)C)Cc1ccc(Cl)c(Cl)c1. The zero-order chi connectivity index (χ0) is 12.8. The van der Waals surface area contributed by atoms with Crippen LogP contribution in [0.25, 0.3) is 0 Å². The van der Waals surface area contributed by atoms with Crippen molar-refractivity contribution in [3.8, 4) is 0 Å². The van der Waals surface area contributed by atoms with E-state index < -0.39 is 0 Å². The molecule has 0 saturated carbocycles. The van der Waals surface area contributed by atoms with Crippen molar-refractivity contribution >= 4 is 23.2 Å². The number of halogens is 2. The number of hydrogen-bond donors (Lipinski definition) is 1. The molecule has 1 atom stereocenters. The summed E-state index contributed by atoms with van der Waals surface area (Å²) in [4.78, 5) is 0. The Balaban J connectivity index is 2.78. The molecule has 94 valence electrons. The van der Waals surface area contributed by atoms with Gasteiger partial charge in [-0.2, -0.15) is 0 Å². The van der Waals surface area contributed by atoms with Crippen molar-refractivity contribution in [2.24, 2.45) is 0 Å². The Morgan fingerprint density at radius 2 is 2.00 bits per heavy atom. The first kappa shape index (κ1) is 14.6. The van der Waals surface area contributed by atoms with E-state index in [0.29, 0.717) is 16.1 Å². The molecule has 0 aliphatic carbocycles. The molecule has 0 aliphatic rings. The Kier molecular flexibility index (Phi) is 6.04. The Bertz CT molecular complexity index is 395. The molecular weight excluding hydrogens is 253 g/mol. The topological polar surface area (TPSA) is 12.0 Å². The molecule has 0 spiro atoms. The molecule has 1 unspecified atom stereocenters. The molecule has 1 aromatic carbocycles. The van der Waals surface area contributed by atoms with Gasteiger partial charge in [-0.1, -0.05) is 47.8 Å². The lowest BCUT2D eigenvalue weighted by atomic mass is 10.0. The van der Waals surface area contributed by atoms with Crippen LogP contribution in [0.2, 0.25) is 10.0 Å². The fraction of sp³-hybridized carbons (Fsp3) is 0.429. The summed E-state index contributed by atoms with van der Waals surface area (Å²) in [6, 6.07) is 6.16. The molecule has 1 nitrogen and oxygen atoms in total. The number of hydrogen-bond acceptors (Lipinski definition) is 1. The number of likely N-dealkylation sites (N-methyl/N-ethyl adjacent to an activating group) is 1. The predicted octanol–water partition coefficient (Wildman–Crippen LogP) is 4.48. The van der Waals surface area contributed by atoms with E-state index >= 15 is 0 Å². The first-order valence-corrected chi connectivity index (χ1v) is 6.61. The lowest BCUT2D eigenvalue weighted by Gasteiger charge is -2.15. The van der Waals surface area contributed by atoms with Crippen molar-refractivity contribution in [3.63, 3.8) is 0 Å². The molecule has 0 radical (unpaired) electrons. The van der Waals surface area contributed by atoms with Crippen molar-refractivity contribution in [1.82, 2.24) is 5.32 Å². The van der Waals surface area contributed by atoms with Crippen LogP contribution in [-0.2, 0) is 6.42 Å². The maximum atomic E-state index is 6.01. The summed E-state index contributed by atoms with van der Waals surface area (Å²) in [5, 5.41) is 4.67. The van der Waals surface area contributed by atoms with Gasteiger partial charge in [0.15, 0.2) is 0 Å². The smallest absolute Gasteiger partial charge is 0.0595 e. The van der Waals surface area contributed by atoms with E-state index in [2.05, 4.69) is 32.2 Å². The highest BCUT2D eigenvalue weighted by Crippen LogP contribution is 2.23. The highest BCUT2D eigenvalue weighted by atomic mass is 35.5.